The van der Waals surface area contributed by atoms with Crippen molar-refractivity contribution in [2.75, 3.05) is 12.0 Å². The fraction of sp³-hybridized carbons (Fsp3) is 0.571. The van der Waals surface area contributed by atoms with Gasteiger partial charge in [0.15, 0.2) is 5.65 Å². The fourth-order valence-corrected chi connectivity index (χ4v) is 3.10. The molecule has 2 aromatic rings. The maximum absolute atomic E-state index is 6.26. The zero-order chi connectivity index (χ0) is 14.0. The van der Waals surface area contributed by atoms with Gasteiger partial charge in [0.25, 0.3) is 0 Å². The van der Waals surface area contributed by atoms with Gasteiger partial charge in [-0.25, -0.2) is 9.97 Å². The lowest BCUT2D eigenvalue weighted by Gasteiger charge is -2.14. The molecule has 3 nitrogen and oxygen atoms in total. The van der Waals surface area contributed by atoms with Gasteiger partial charge in [0.2, 0.25) is 0 Å². The Morgan fingerprint density at radius 3 is 2.79 bits per heavy atom. The molecule has 0 saturated carbocycles. The van der Waals surface area contributed by atoms with Gasteiger partial charge in [0.1, 0.15) is 11.3 Å². The molecule has 0 aromatic carbocycles. The molecule has 104 valence electrons. The summed E-state index contributed by atoms with van der Waals surface area (Å²) in [5.41, 5.74) is 3.02. The van der Waals surface area contributed by atoms with Crippen LogP contribution < -0.4 is 0 Å². The summed E-state index contributed by atoms with van der Waals surface area (Å²) >= 11 is 8.13. The molecule has 19 heavy (non-hydrogen) atoms. The van der Waals surface area contributed by atoms with Gasteiger partial charge < -0.3 is 4.57 Å². The average Bonchev–Trinajstić information content (AvgIpc) is 2.67. The van der Waals surface area contributed by atoms with Crippen molar-refractivity contribution in [3.05, 3.63) is 23.7 Å². The predicted octanol–water partition coefficient (Wildman–Crippen LogP) is 4.04. The van der Waals surface area contributed by atoms with Crippen LogP contribution >= 0.6 is 23.4 Å². The molecule has 0 aliphatic rings. The molecule has 2 rings (SSSR count). The van der Waals surface area contributed by atoms with Gasteiger partial charge in [-0.15, -0.1) is 11.6 Å². The highest BCUT2D eigenvalue weighted by Gasteiger charge is 2.17. The summed E-state index contributed by atoms with van der Waals surface area (Å²) in [5, 5.41) is -0.101. The maximum Gasteiger partial charge on any atom is 0.160 e. The minimum Gasteiger partial charge on any atom is -0.311 e. The minimum atomic E-state index is -0.101. The van der Waals surface area contributed by atoms with Crippen molar-refractivity contribution in [3.8, 4) is 0 Å². The molecule has 2 aromatic heterocycles. The number of pyridine rings is 1. The molecule has 0 saturated heterocycles. The first-order valence-corrected chi connectivity index (χ1v) is 8.31. The monoisotopic (exact) mass is 297 g/mol. The van der Waals surface area contributed by atoms with Crippen LogP contribution in [-0.4, -0.2) is 26.5 Å². The highest BCUT2D eigenvalue weighted by Crippen LogP contribution is 2.25. The van der Waals surface area contributed by atoms with Gasteiger partial charge in [-0.1, -0.05) is 6.92 Å². The Bertz CT molecular complexity index is 565. The van der Waals surface area contributed by atoms with Gasteiger partial charge >= 0.3 is 0 Å². The van der Waals surface area contributed by atoms with Crippen molar-refractivity contribution in [2.45, 2.75) is 32.7 Å². The van der Waals surface area contributed by atoms with Crippen molar-refractivity contribution in [1.29, 1.82) is 0 Å². The first-order valence-electron chi connectivity index (χ1n) is 6.48. The third kappa shape index (κ3) is 3.23. The van der Waals surface area contributed by atoms with Crippen LogP contribution in [0.15, 0.2) is 12.3 Å². The average molecular weight is 298 g/mol. The summed E-state index contributed by atoms with van der Waals surface area (Å²) in [5.74, 6) is 2.62. The van der Waals surface area contributed by atoms with E-state index in [0.29, 0.717) is 5.92 Å². The highest BCUT2D eigenvalue weighted by molar-refractivity contribution is 7.98. The second-order valence-corrected chi connectivity index (χ2v) is 6.68. The van der Waals surface area contributed by atoms with Crippen LogP contribution in [0.1, 0.15) is 30.6 Å². The minimum absolute atomic E-state index is 0.101. The molecular weight excluding hydrogens is 278 g/mol. The molecule has 0 radical (unpaired) electrons. The van der Waals surface area contributed by atoms with Gasteiger partial charge in [0, 0.05) is 12.7 Å². The SMILES string of the molecule is CSCC(C)Cn1c(C(C)Cl)nc2cc(C)cnc21. The molecule has 0 aliphatic carbocycles. The molecule has 5 heteroatoms. The topological polar surface area (TPSA) is 30.7 Å². The van der Waals surface area contributed by atoms with E-state index in [1.807, 2.05) is 31.8 Å². The van der Waals surface area contributed by atoms with Gasteiger partial charge in [-0.05, 0) is 43.4 Å². The third-order valence-electron chi connectivity index (χ3n) is 3.05. The van der Waals surface area contributed by atoms with Gasteiger partial charge in [0.05, 0.1) is 5.38 Å². The number of rotatable bonds is 5. The number of hydrogen-bond acceptors (Lipinski definition) is 3. The Hall–Kier alpha value is -0.740. The number of aromatic nitrogens is 3. The van der Waals surface area contributed by atoms with Gasteiger partial charge in [-0.2, -0.15) is 11.8 Å². The molecule has 0 bridgehead atoms. The first-order chi connectivity index (χ1) is 9.02. The Morgan fingerprint density at radius 2 is 2.16 bits per heavy atom. The number of hydrogen-bond donors (Lipinski definition) is 0. The molecule has 0 N–H and O–H groups in total. The van der Waals surface area contributed by atoms with Crippen LogP contribution in [0.3, 0.4) is 0 Å². The number of nitrogens with zero attached hydrogens (tertiary/aromatic N) is 3. The second kappa shape index (κ2) is 6.14. The Balaban J connectivity index is 2.46. The number of halogens is 1. The predicted molar refractivity (Wildman–Crippen MR) is 84.1 cm³/mol. The van der Waals surface area contributed by atoms with E-state index in [9.17, 15) is 0 Å². The summed E-state index contributed by atoms with van der Waals surface area (Å²) in [6, 6.07) is 2.07. The molecule has 2 unspecified atom stereocenters. The molecule has 0 aliphatic heterocycles. The number of fused-ring (bicyclic) bond motifs is 1. The van der Waals surface area contributed by atoms with Crippen LogP contribution in [0.25, 0.3) is 11.2 Å². The van der Waals surface area contributed by atoms with Crippen LogP contribution in [0, 0.1) is 12.8 Å². The lowest BCUT2D eigenvalue weighted by molar-refractivity contribution is 0.522. The van der Waals surface area contributed by atoms with Crippen molar-refractivity contribution in [1.82, 2.24) is 14.5 Å². The molecule has 0 amide bonds. The largest absolute Gasteiger partial charge is 0.311 e. The van der Waals surface area contributed by atoms with E-state index in [4.69, 9.17) is 11.6 Å². The smallest absolute Gasteiger partial charge is 0.160 e. The van der Waals surface area contributed by atoms with E-state index >= 15 is 0 Å². The van der Waals surface area contributed by atoms with Crippen molar-refractivity contribution in [3.63, 3.8) is 0 Å². The molecule has 0 fully saturated rings. The zero-order valence-corrected chi connectivity index (χ0v) is 13.4. The summed E-state index contributed by atoms with van der Waals surface area (Å²) in [6.45, 7) is 7.16. The van der Waals surface area contributed by atoms with E-state index in [1.54, 1.807) is 0 Å². The number of thioether (sulfide) groups is 1. The number of imidazole rings is 1. The molecular formula is C14H20ClN3S. The molecule has 0 spiro atoms. The van der Waals surface area contributed by atoms with Crippen LogP contribution in [0.4, 0.5) is 0 Å². The highest BCUT2D eigenvalue weighted by atomic mass is 35.5. The Labute approximate surface area is 123 Å². The van der Waals surface area contributed by atoms with E-state index in [-0.39, 0.29) is 5.38 Å². The van der Waals surface area contributed by atoms with E-state index in [0.717, 1.165) is 34.8 Å². The van der Waals surface area contributed by atoms with Crippen LogP contribution in [-0.2, 0) is 6.54 Å². The van der Waals surface area contributed by atoms with Gasteiger partial charge in [-0.3, -0.25) is 0 Å². The van der Waals surface area contributed by atoms with Crippen LogP contribution in [0.5, 0.6) is 0 Å². The molecule has 2 atom stereocenters. The van der Waals surface area contributed by atoms with E-state index in [2.05, 4.69) is 33.8 Å². The molecule has 2 heterocycles. The quantitative estimate of drug-likeness (QED) is 0.780. The standard InChI is InChI=1S/C14H20ClN3S/c1-9-5-12-14(16-6-9)18(7-10(2)8-19-4)13(17-12)11(3)15/h5-6,10-11H,7-8H2,1-4H3. The zero-order valence-electron chi connectivity index (χ0n) is 11.9. The Kier molecular flexibility index (Phi) is 4.74. The van der Waals surface area contributed by atoms with Crippen molar-refractivity contribution in [2.24, 2.45) is 5.92 Å². The summed E-state index contributed by atoms with van der Waals surface area (Å²) in [6.07, 6.45) is 4.03. The van der Waals surface area contributed by atoms with Crippen LogP contribution in [0.2, 0.25) is 0 Å². The second-order valence-electron chi connectivity index (χ2n) is 5.11. The lowest BCUT2D eigenvalue weighted by atomic mass is 10.2. The number of alkyl halides is 1. The van der Waals surface area contributed by atoms with Crippen molar-refractivity contribution < 1.29 is 0 Å². The first kappa shape index (κ1) is 14.7. The normalized spacial score (nSPS) is 14.8. The summed E-state index contributed by atoms with van der Waals surface area (Å²) in [4.78, 5) is 9.18. The summed E-state index contributed by atoms with van der Waals surface area (Å²) in [7, 11) is 0. The van der Waals surface area contributed by atoms with Crippen molar-refractivity contribution >= 4 is 34.5 Å². The van der Waals surface area contributed by atoms with E-state index < -0.39 is 0 Å². The number of aryl methyl sites for hydroxylation is 1. The summed E-state index contributed by atoms with van der Waals surface area (Å²) < 4.78 is 2.17. The Morgan fingerprint density at radius 1 is 1.42 bits per heavy atom. The maximum atomic E-state index is 6.26. The third-order valence-corrected chi connectivity index (χ3v) is 4.15. The lowest BCUT2D eigenvalue weighted by Crippen LogP contribution is -2.13. The fourth-order valence-electron chi connectivity index (χ4n) is 2.26. The van der Waals surface area contributed by atoms with E-state index in [1.165, 1.54) is 0 Å².